The molecular formula is C9H12N2O2. The molecular weight excluding hydrogens is 168 g/mol. The highest BCUT2D eigenvalue weighted by Gasteiger charge is 2.06. The minimum Gasteiger partial charge on any atom is -0.385 e. The van der Waals surface area contributed by atoms with Crippen molar-refractivity contribution in [3.05, 3.63) is 24.3 Å². The van der Waals surface area contributed by atoms with Gasteiger partial charge in [-0.25, -0.2) is 9.97 Å². The number of hydrogen-bond acceptors (Lipinski definition) is 4. The first kappa shape index (κ1) is 9.80. The molecule has 1 rings (SSSR count). The lowest BCUT2D eigenvalue weighted by molar-refractivity contribution is 0.0953. The number of methoxy groups -OCH3 is 1. The van der Waals surface area contributed by atoms with Crippen molar-refractivity contribution in [2.45, 2.75) is 12.8 Å². The van der Waals surface area contributed by atoms with Crippen LogP contribution in [0.3, 0.4) is 0 Å². The highest BCUT2D eigenvalue weighted by atomic mass is 16.5. The molecule has 0 aliphatic heterocycles. The summed E-state index contributed by atoms with van der Waals surface area (Å²) in [5, 5.41) is 0. The second-order valence-electron chi connectivity index (χ2n) is 2.59. The number of carbonyl (C=O) groups is 1. The van der Waals surface area contributed by atoms with Gasteiger partial charge in [0.25, 0.3) is 0 Å². The van der Waals surface area contributed by atoms with E-state index in [9.17, 15) is 4.79 Å². The topological polar surface area (TPSA) is 52.1 Å². The van der Waals surface area contributed by atoms with Crippen LogP contribution in [0.15, 0.2) is 18.5 Å². The van der Waals surface area contributed by atoms with Crippen LogP contribution in [-0.4, -0.2) is 29.5 Å². The van der Waals surface area contributed by atoms with E-state index in [1.54, 1.807) is 25.6 Å². The molecule has 0 atom stereocenters. The minimum absolute atomic E-state index is 0.0300. The van der Waals surface area contributed by atoms with Crippen LogP contribution in [0.4, 0.5) is 0 Å². The monoisotopic (exact) mass is 180 g/mol. The predicted octanol–water partition coefficient (Wildman–Crippen LogP) is 1.09. The van der Waals surface area contributed by atoms with Gasteiger partial charge in [-0.3, -0.25) is 4.79 Å². The zero-order chi connectivity index (χ0) is 9.52. The molecule has 0 saturated heterocycles. The Morgan fingerprint density at radius 1 is 1.46 bits per heavy atom. The van der Waals surface area contributed by atoms with Crippen LogP contribution in [0, 0.1) is 0 Å². The van der Waals surface area contributed by atoms with Crippen molar-refractivity contribution in [2.75, 3.05) is 13.7 Å². The van der Waals surface area contributed by atoms with Crippen molar-refractivity contribution in [2.24, 2.45) is 0 Å². The number of rotatable bonds is 5. The van der Waals surface area contributed by atoms with Crippen LogP contribution >= 0.6 is 0 Å². The van der Waals surface area contributed by atoms with Crippen molar-refractivity contribution < 1.29 is 9.53 Å². The zero-order valence-corrected chi connectivity index (χ0v) is 7.56. The molecule has 1 aromatic heterocycles. The Bertz CT molecular complexity index is 262. The summed E-state index contributed by atoms with van der Waals surface area (Å²) in [6, 6.07) is 1.69. The molecule has 0 spiro atoms. The summed E-state index contributed by atoms with van der Waals surface area (Å²) in [5.41, 5.74) is 0. The summed E-state index contributed by atoms with van der Waals surface area (Å²) < 4.78 is 4.84. The van der Waals surface area contributed by atoms with Crippen LogP contribution in [0.25, 0.3) is 0 Å². The predicted molar refractivity (Wildman–Crippen MR) is 47.5 cm³/mol. The lowest BCUT2D eigenvalue weighted by Crippen LogP contribution is -2.05. The lowest BCUT2D eigenvalue weighted by atomic mass is 10.2. The molecule has 4 nitrogen and oxygen atoms in total. The number of ketones is 1. The van der Waals surface area contributed by atoms with E-state index in [-0.39, 0.29) is 5.78 Å². The smallest absolute Gasteiger partial charge is 0.200 e. The Labute approximate surface area is 77.0 Å². The van der Waals surface area contributed by atoms with Gasteiger partial charge in [-0.05, 0) is 12.5 Å². The van der Waals surface area contributed by atoms with Gasteiger partial charge >= 0.3 is 0 Å². The highest BCUT2D eigenvalue weighted by Crippen LogP contribution is 1.98. The average Bonchev–Trinajstić information content (AvgIpc) is 2.19. The van der Waals surface area contributed by atoms with E-state index < -0.39 is 0 Å². The van der Waals surface area contributed by atoms with Gasteiger partial charge in [0.2, 0.25) is 0 Å². The molecule has 0 aromatic carbocycles. The summed E-state index contributed by atoms with van der Waals surface area (Å²) in [7, 11) is 1.61. The van der Waals surface area contributed by atoms with Crippen molar-refractivity contribution in [3.63, 3.8) is 0 Å². The van der Waals surface area contributed by atoms with Crippen LogP contribution in [0.2, 0.25) is 0 Å². The number of hydrogen-bond donors (Lipinski definition) is 0. The summed E-state index contributed by atoms with van der Waals surface area (Å²) in [6.07, 6.45) is 4.29. The molecule has 0 N–H and O–H groups in total. The molecule has 0 fully saturated rings. The van der Waals surface area contributed by atoms with Crippen molar-refractivity contribution in [3.8, 4) is 0 Å². The van der Waals surface area contributed by atoms with E-state index in [4.69, 9.17) is 4.74 Å². The minimum atomic E-state index is -0.0300. The second-order valence-corrected chi connectivity index (χ2v) is 2.59. The third-order valence-corrected chi connectivity index (χ3v) is 1.57. The first-order valence-corrected chi connectivity index (χ1v) is 4.13. The quantitative estimate of drug-likeness (QED) is 0.502. The Balaban J connectivity index is 2.40. The number of ether oxygens (including phenoxy) is 1. The molecule has 0 unspecified atom stereocenters. The maximum atomic E-state index is 11.3. The van der Waals surface area contributed by atoms with Gasteiger partial charge in [-0.2, -0.15) is 0 Å². The largest absolute Gasteiger partial charge is 0.385 e. The second kappa shape index (κ2) is 5.37. The molecule has 0 amide bonds. The number of aromatic nitrogens is 2. The van der Waals surface area contributed by atoms with Crippen LogP contribution in [0.1, 0.15) is 23.5 Å². The third-order valence-electron chi connectivity index (χ3n) is 1.57. The molecule has 0 aliphatic carbocycles. The van der Waals surface area contributed by atoms with E-state index >= 15 is 0 Å². The molecule has 13 heavy (non-hydrogen) atoms. The molecule has 1 heterocycles. The van der Waals surface area contributed by atoms with Gasteiger partial charge in [0, 0.05) is 32.5 Å². The Morgan fingerprint density at radius 2 is 2.15 bits per heavy atom. The van der Waals surface area contributed by atoms with E-state index in [2.05, 4.69) is 9.97 Å². The van der Waals surface area contributed by atoms with Gasteiger partial charge in [0.1, 0.15) is 0 Å². The van der Waals surface area contributed by atoms with Crippen molar-refractivity contribution >= 4 is 5.78 Å². The summed E-state index contributed by atoms with van der Waals surface area (Å²) in [4.78, 5) is 19.1. The molecule has 4 heteroatoms. The summed E-state index contributed by atoms with van der Waals surface area (Å²) in [5.74, 6) is 0.260. The summed E-state index contributed by atoms with van der Waals surface area (Å²) >= 11 is 0. The van der Waals surface area contributed by atoms with E-state index in [1.807, 2.05) is 0 Å². The van der Waals surface area contributed by atoms with E-state index in [0.29, 0.717) is 25.3 Å². The van der Waals surface area contributed by atoms with Crippen molar-refractivity contribution in [1.82, 2.24) is 9.97 Å². The van der Waals surface area contributed by atoms with Gasteiger partial charge in [0.05, 0.1) is 0 Å². The SMILES string of the molecule is COCCCC(=O)c1ncccn1. The Kier molecular flexibility index (Phi) is 4.05. The lowest BCUT2D eigenvalue weighted by Gasteiger charge is -1.97. The molecule has 0 bridgehead atoms. The average molecular weight is 180 g/mol. The normalized spacial score (nSPS) is 9.92. The fourth-order valence-corrected chi connectivity index (χ4v) is 0.932. The standard InChI is InChI=1S/C9H12N2O2/c1-13-7-2-4-8(12)9-10-5-3-6-11-9/h3,5-6H,2,4,7H2,1H3. The van der Waals surface area contributed by atoms with Crippen LogP contribution in [-0.2, 0) is 4.74 Å². The van der Waals surface area contributed by atoms with Gasteiger partial charge in [0.15, 0.2) is 11.6 Å². The molecule has 70 valence electrons. The Hall–Kier alpha value is -1.29. The molecule has 0 radical (unpaired) electrons. The van der Waals surface area contributed by atoms with Gasteiger partial charge < -0.3 is 4.74 Å². The number of Topliss-reactive ketones (excluding diaryl/α,β-unsaturated/α-hetero) is 1. The highest BCUT2D eigenvalue weighted by molar-refractivity contribution is 5.92. The van der Waals surface area contributed by atoms with Gasteiger partial charge in [-0.1, -0.05) is 0 Å². The first-order chi connectivity index (χ1) is 6.34. The van der Waals surface area contributed by atoms with Crippen LogP contribution in [0.5, 0.6) is 0 Å². The Morgan fingerprint density at radius 3 is 2.77 bits per heavy atom. The number of carbonyl (C=O) groups excluding carboxylic acids is 1. The first-order valence-electron chi connectivity index (χ1n) is 4.13. The zero-order valence-electron chi connectivity index (χ0n) is 7.56. The van der Waals surface area contributed by atoms with E-state index in [1.165, 1.54) is 0 Å². The molecule has 1 aromatic rings. The van der Waals surface area contributed by atoms with E-state index in [0.717, 1.165) is 0 Å². The maximum absolute atomic E-state index is 11.3. The summed E-state index contributed by atoms with van der Waals surface area (Å²) in [6.45, 7) is 0.596. The third kappa shape index (κ3) is 3.29. The fourth-order valence-electron chi connectivity index (χ4n) is 0.932. The molecule has 0 saturated carbocycles. The molecule has 0 aliphatic rings. The maximum Gasteiger partial charge on any atom is 0.200 e. The number of nitrogens with zero attached hydrogens (tertiary/aromatic N) is 2. The van der Waals surface area contributed by atoms with Gasteiger partial charge in [-0.15, -0.1) is 0 Å². The fraction of sp³-hybridized carbons (Fsp3) is 0.444. The van der Waals surface area contributed by atoms with Crippen molar-refractivity contribution in [1.29, 1.82) is 0 Å². The van der Waals surface area contributed by atoms with Crippen LogP contribution < -0.4 is 0 Å².